The van der Waals surface area contributed by atoms with E-state index < -0.39 is 4.92 Å². The Morgan fingerprint density at radius 2 is 1.88 bits per heavy atom. The number of rotatable bonds is 9. The third-order valence-corrected chi connectivity index (χ3v) is 3.70. The SMILES string of the molecule is COc1ccc(CCNCC(=O)c2cccc([N+](=O)[O-])c2)cc1OC. The molecule has 0 aliphatic rings. The Morgan fingerprint density at radius 1 is 1.12 bits per heavy atom. The summed E-state index contributed by atoms with van der Waals surface area (Å²) >= 11 is 0. The molecule has 0 aromatic heterocycles. The van der Waals surface area contributed by atoms with E-state index in [2.05, 4.69) is 5.32 Å². The first-order chi connectivity index (χ1) is 12.0. The first kappa shape index (κ1) is 18.4. The van der Waals surface area contributed by atoms with Gasteiger partial charge >= 0.3 is 0 Å². The van der Waals surface area contributed by atoms with Gasteiger partial charge < -0.3 is 14.8 Å². The van der Waals surface area contributed by atoms with Crippen molar-refractivity contribution in [1.82, 2.24) is 5.32 Å². The van der Waals surface area contributed by atoms with Gasteiger partial charge in [-0.05, 0) is 30.7 Å². The number of hydrogen-bond donors (Lipinski definition) is 1. The standard InChI is InChI=1S/C18H20N2O5/c1-24-17-7-6-13(10-18(17)25-2)8-9-19-12-16(21)14-4-3-5-15(11-14)20(22)23/h3-7,10-11,19H,8-9,12H2,1-2H3. The Bertz CT molecular complexity index is 761. The second-order valence-corrected chi connectivity index (χ2v) is 5.35. The monoisotopic (exact) mass is 344 g/mol. The lowest BCUT2D eigenvalue weighted by Crippen LogP contribution is -2.25. The number of nitrogens with one attached hydrogen (secondary N) is 1. The molecule has 0 amide bonds. The molecule has 0 aliphatic heterocycles. The molecule has 0 bridgehead atoms. The minimum Gasteiger partial charge on any atom is -0.493 e. The van der Waals surface area contributed by atoms with E-state index in [1.54, 1.807) is 20.3 Å². The van der Waals surface area contributed by atoms with Crippen LogP contribution in [0.5, 0.6) is 11.5 Å². The molecule has 0 spiro atoms. The Labute approximate surface area is 145 Å². The number of benzene rings is 2. The molecule has 0 unspecified atom stereocenters. The predicted octanol–water partition coefficient (Wildman–Crippen LogP) is 2.63. The average molecular weight is 344 g/mol. The van der Waals surface area contributed by atoms with Gasteiger partial charge in [-0.3, -0.25) is 14.9 Å². The number of carbonyl (C=O) groups excluding carboxylic acids is 1. The molecule has 132 valence electrons. The van der Waals surface area contributed by atoms with Crippen molar-refractivity contribution >= 4 is 11.5 Å². The molecule has 0 saturated carbocycles. The minimum absolute atomic E-state index is 0.0869. The highest BCUT2D eigenvalue weighted by molar-refractivity contribution is 5.98. The van der Waals surface area contributed by atoms with Gasteiger partial charge in [-0.15, -0.1) is 0 Å². The molecule has 7 nitrogen and oxygen atoms in total. The molecule has 0 radical (unpaired) electrons. The second-order valence-electron chi connectivity index (χ2n) is 5.35. The number of nitro groups is 1. The quantitative estimate of drug-likeness (QED) is 0.325. The minimum atomic E-state index is -0.513. The number of methoxy groups -OCH3 is 2. The Morgan fingerprint density at radius 3 is 2.56 bits per heavy atom. The van der Waals surface area contributed by atoms with Crippen molar-refractivity contribution in [1.29, 1.82) is 0 Å². The van der Waals surface area contributed by atoms with E-state index in [1.807, 2.05) is 18.2 Å². The number of nitrogens with zero attached hydrogens (tertiary/aromatic N) is 1. The van der Waals surface area contributed by atoms with Crippen LogP contribution >= 0.6 is 0 Å². The van der Waals surface area contributed by atoms with Gasteiger partial charge in [0.1, 0.15) is 0 Å². The first-order valence-electron chi connectivity index (χ1n) is 7.74. The van der Waals surface area contributed by atoms with Crippen molar-refractivity contribution in [3.63, 3.8) is 0 Å². The third kappa shape index (κ3) is 5.02. The molecule has 0 atom stereocenters. The lowest BCUT2D eigenvalue weighted by Gasteiger charge is -2.10. The molecule has 2 aromatic rings. The Balaban J connectivity index is 1.86. The Hall–Kier alpha value is -2.93. The van der Waals surface area contributed by atoms with Crippen molar-refractivity contribution in [2.75, 3.05) is 27.3 Å². The molecular weight excluding hydrogens is 324 g/mol. The average Bonchev–Trinajstić information content (AvgIpc) is 2.64. The molecule has 1 N–H and O–H groups in total. The summed E-state index contributed by atoms with van der Waals surface area (Å²) in [6.45, 7) is 0.713. The fraction of sp³-hybridized carbons (Fsp3) is 0.278. The van der Waals surface area contributed by atoms with Crippen molar-refractivity contribution in [2.24, 2.45) is 0 Å². The van der Waals surface area contributed by atoms with Crippen molar-refractivity contribution in [3.8, 4) is 11.5 Å². The summed E-state index contributed by atoms with van der Waals surface area (Å²) in [7, 11) is 3.16. The van der Waals surface area contributed by atoms with Crippen LogP contribution in [0.4, 0.5) is 5.69 Å². The summed E-state index contributed by atoms with van der Waals surface area (Å²) in [6.07, 6.45) is 0.711. The van der Waals surface area contributed by atoms with Gasteiger partial charge in [0.05, 0.1) is 25.7 Å². The molecule has 2 rings (SSSR count). The highest BCUT2D eigenvalue weighted by Crippen LogP contribution is 2.27. The van der Waals surface area contributed by atoms with E-state index in [4.69, 9.17) is 9.47 Å². The van der Waals surface area contributed by atoms with Crippen molar-refractivity contribution < 1.29 is 19.2 Å². The molecule has 7 heteroatoms. The maximum Gasteiger partial charge on any atom is 0.270 e. The van der Waals surface area contributed by atoms with Crippen LogP contribution in [0.2, 0.25) is 0 Å². The smallest absolute Gasteiger partial charge is 0.270 e. The fourth-order valence-electron chi connectivity index (χ4n) is 2.37. The van der Waals surface area contributed by atoms with E-state index in [0.717, 1.165) is 5.56 Å². The van der Waals surface area contributed by atoms with Gasteiger partial charge in [-0.25, -0.2) is 0 Å². The lowest BCUT2D eigenvalue weighted by atomic mass is 10.1. The number of ether oxygens (including phenoxy) is 2. The van der Waals surface area contributed by atoms with Crippen molar-refractivity contribution in [3.05, 3.63) is 63.7 Å². The van der Waals surface area contributed by atoms with Gasteiger partial charge in [0.25, 0.3) is 5.69 Å². The molecule has 25 heavy (non-hydrogen) atoms. The van der Waals surface area contributed by atoms with E-state index in [-0.39, 0.29) is 18.0 Å². The van der Waals surface area contributed by atoms with Crippen LogP contribution in [0.3, 0.4) is 0 Å². The van der Waals surface area contributed by atoms with E-state index in [9.17, 15) is 14.9 Å². The number of Topliss-reactive ketones (excluding diaryl/α,β-unsaturated/α-hetero) is 1. The van der Waals surface area contributed by atoms with Crippen LogP contribution in [0.15, 0.2) is 42.5 Å². The van der Waals surface area contributed by atoms with Crippen LogP contribution in [-0.2, 0) is 6.42 Å². The Kier molecular flexibility index (Phi) is 6.47. The maximum atomic E-state index is 12.1. The van der Waals surface area contributed by atoms with E-state index in [0.29, 0.717) is 30.0 Å². The number of nitro benzene ring substituents is 1. The fourth-order valence-corrected chi connectivity index (χ4v) is 2.37. The zero-order valence-corrected chi connectivity index (χ0v) is 14.2. The molecule has 2 aromatic carbocycles. The van der Waals surface area contributed by atoms with Crippen LogP contribution in [0, 0.1) is 10.1 Å². The molecule has 0 saturated heterocycles. The molecule has 0 aliphatic carbocycles. The van der Waals surface area contributed by atoms with Gasteiger partial charge in [-0.1, -0.05) is 18.2 Å². The van der Waals surface area contributed by atoms with E-state index >= 15 is 0 Å². The van der Waals surface area contributed by atoms with Crippen molar-refractivity contribution in [2.45, 2.75) is 6.42 Å². The van der Waals surface area contributed by atoms with Gasteiger partial charge in [0.15, 0.2) is 17.3 Å². The summed E-state index contributed by atoms with van der Waals surface area (Å²) < 4.78 is 10.4. The third-order valence-electron chi connectivity index (χ3n) is 3.70. The normalized spacial score (nSPS) is 10.3. The highest BCUT2D eigenvalue weighted by Gasteiger charge is 2.11. The summed E-state index contributed by atoms with van der Waals surface area (Å²) in [5, 5.41) is 13.8. The number of carbonyl (C=O) groups is 1. The lowest BCUT2D eigenvalue weighted by molar-refractivity contribution is -0.384. The van der Waals surface area contributed by atoms with Gasteiger partial charge in [-0.2, -0.15) is 0 Å². The largest absolute Gasteiger partial charge is 0.493 e. The first-order valence-corrected chi connectivity index (χ1v) is 7.74. The summed E-state index contributed by atoms with van der Waals surface area (Å²) in [6, 6.07) is 11.4. The summed E-state index contributed by atoms with van der Waals surface area (Å²) in [4.78, 5) is 22.3. The molecule has 0 heterocycles. The summed E-state index contributed by atoms with van der Waals surface area (Å²) in [5.41, 5.74) is 1.29. The highest BCUT2D eigenvalue weighted by atomic mass is 16.6. The van der Waals surface area contributed by atoms with E-state index in [1.165, 1.54) is 18.2 Å². The zero-order chi connectivity index (χ0) is 18.2. The van der Waals surface area contributed by atoms with Crippen LogP contribution in [0.25, 0.3) is 0 Å². The summed E-state index contributed by atoms with van der Waals surface area (Å²) in [5.74, 6) is 1.14. The number of ketones is 1. The van der Waals surface area contributed by atoms with Gasteiger partial charge in [0.2, 0.25) is 0 Å². The topological polar surface area (TPSA) is 90.7 Å². The van der Waals surface area contributed by atoms with Gasteiger partial charge in [0, 0.05) is 17.7 Å². The second kappa shape index (κ2) is 8.79. The van der Waals surface area contributed by atoms with Crippen LogP contribution in [0.1, 0.15) is 15.9 Å². The van der Waals surface area contributed by atoms with Crippen LogP contribution < -0.4 is 14.8 Å². The zero-order valence-electron chi connectivity index (χ0n) is 14.2. The number of hydrogen-bond acceptors (Lipinski definition) is 6. The predicted molar refractivity (Wildman–Crippen MR) is 93.5 cm³/mol. The maximum absolute atomic E-state index is 12.1. The molecule has 0 fully saturated rings. The van der Waals surface area contributed by atoms with Crippen LogP contribution in [-0.4, -0.2) is 38.0 Å². The molecular formula is C18H20N2O5. The number of non-ortho nitro benzene ring substituents is 1.